The van der Waals surface area contributed by atoms with E-state index < -0.39 is 11.8 Å². The van der Waals surface area contributed by atoms with Crippen LogP contribution in [-0.2, 0) is 0 Å². The van der Waals surface area contributed by atoms with E-state index >= 15 is 0 Å². The lowest BCUT2D eigenvalue weighted by Crippen LogP contribution is -2.26. The van der Waals surface area contributed by atoms with Crippen molar-refractivity contribution in [1.29, 1.82) is 0 Å². The third-order valence-corrected chi connectivity index (χ3v) is 4.71. The summed E-state index contributed by atoms with van der Waals surface area (Å²) in [6, 6.07) is 4.57. The van der Waals surface area contributed by atoms with Gasteiger partial charge in [-0.1, -0.05) is 13.3 Å². The molecule has 0 spiro atoms. The van der Waals surface area contributed by atoms with Gasteiger partial charge in [0.1, 0.15) is 5.82 Å². The number of carbonyl (C=O) groups is 1. The largest absolute Gasteiger partial charge is 0.478 e. The number of thioether (sulfide) groups is 1. The Morgan fingerprint density at radius 3 is 2.95 bits per heavy atom. The van der Waals surface area contributed by atoms with Crippen molar-refractivity contribution in [3.63, 3.8) is 0 Å². The summed E-state index contributed by atoms with van der Waals surface area (Å²) in [5.74, 6) is -0.839. The van der Waals surface area contributed by atoms with Crippen LogP contribution < -0.4 is 5.32 Å². The van der Waals surface area contributed by atoms with Crippen LogP contribution in [-0.4, -0.2) is 28.1 Å². The van der Waals surface area contributed by atoms with Crippen LogP contribution in [0.2, 0.25) is 0 Å². The SMILES string of the molecule is CCSC1CCCC1Nc1ccc(C(=O)O)c(F)c1. The van der Waals surface area contributed by atoms with Gasteiger partial charge in [0.15, 0.2) is 0 Å². The molecule has 1 saturated carbocycles. The van der Waals surface area contributed by atoms with Gasteiger partial charge in [0.05, 0.1) is 5.56 Å². The monoisotopic (exact) mass is 283 g/mol. The van der Waals surface area contributed by atoms with Crippen molar-refractivity contribution < 1.29 is 14.3 Å². The Morgan fingerprint density at radius 2 is 2.32 bits per heavy atom. The third kappa shape index (κ3) is 3.41. The van der Waals surface area contributed by atoms with Gasteiger partial charge in [-0.2, -0.15) is 11.8 Å². The second-order valence-electron chi connectivity index (χ2n) is 4.68. The molecular formula is C14H18FNO2S. The van der Waals surface area contributed by atoms with Gasteiger partial charge in [0, 0.05) is 17.0 Å². The number of carboxylic acids is 1. The summed E-state index contributed by atoms with van der Waals surface area (Å²) < 4.78 is 13.6. The Bertz CT molecular complexity index is 467. The van der Waals surface area contributed by atoms with Gasteiger partial charge in [-0.05, 0) is 36.8 Å². The second-order valence-corrected chi connectivity index (χ2v) is 6.19. The number of rotatable bonds is 5. The molecule has 0 aliphatic heterocycles. The van der Waals surface area contributed by atoms with Gasteiger partial charge in [0.2, 0.25) is 0 Å². The van der Waals surface area contributed by atoms with E-state index in [0.29, 0.717) is 17.0 Å². The lowest BCUT2D eigenvalue weighted by Gasteiger charge is -2.21. The zero-order valence-electron chi connectivity index (χ0n) is 10.9. The number of anilines is 1. The molecule has 2 unspecified atom stereocenters. The minimum Gasteiger partial charge on any atom is -0.478 e. The maximum atomic E-state index is 13.6. The predicted octanol–water partition coefficient (Wildman–Crippen LogP) is 3.61. The number of hydrogen-bond acceptors (Lipinski definition) is 3. The number of hydrogen-bond donors (Lipinski definition) is 2. The molecule has 0 radical (unpaired) electrons. The molecule has 0 aromatic heterocycles. The highest BCUT2D eigenvalue weighted by molar-refractivity contribution is 7.99. The molecule has 2 N–H and O–H groups in total. The maximum absolute atomic E-state index is 13.6. The van der Waals surface area contributed by atoms with E-state index in [1.54, 1.807) is 6.07 Å². The van der Waals surface area contributed by atoms with Crippen molar-refractivity contribution in [2.24, 2.45) is 0 Å². The molecule has 0 amide bonds. The fourth-order valence-corrected chi connectivity index (χ4v) is 3.70. The van der Waals surface area contributed by atoms with Crippen LogP contribution in [0.4, 0.5) is 10.1 Å². The number of benzene rings is 1. The molecule has 2 atom stereocenters. The van der Waals surface area contributed by atoms with E-state index in [0.717, 1.165) is 12.2 Å². The quantitative estimate of drug-likeness (QED) is 0.866. The topological polar surface area (TPSA) is 49.3 Å². The first-order valence-electron chi connectivity index (χ1n) is 6.52. The van der Waals surface area contributed by atoms with Crippen LogP contribution in [0.3, 0.4) is 0 Å². The van der Waals surface area contributed by atoms with Crippen molar-refractivity contribution in [3.8, 4) is 0 Å². The van der Waals surface area contributed by atoms with Crippen molar-refractivity contribution in [2.45, 2.75) is 37.5 Å². The summed E-state index contributed by atoms with van der Waals surface area (Å²) >= 11 is 1.93. The average Bonchev–Trinajstić information content (AvgIpc) is 2.77. The highest BCUT2D eigenvalue weighted by Crippen LogP contribution is 2.32. The molecule has 19 heavy (non-hydrogen) atoms. The average molecular weight is 283 g/mol. The van der Waals surface area contributed by atoms with Crippen LogP contribution in [0, 0.1) is 5.82 Å². The zero-order chi connectivity index (χ0) is 13.8. The molecular weight excluding hydrogens is 265 g/mol. The molecule has 1 aromatic carbocycles. The smallest absolute Gasteiger partial charge is 0.338 e. The fourth-order valence-electron chi connectivity index (χ4n) is 2.50. The lowest BCUT2D eigenvalue weighted by atomic mass is 10.1. The Hall–Kier alpha value is -1.23. The van der Waals surface area contributed by atoms with Crippen molar-refractivity contribution in [2.75, 3.05) is 11.1 Å². The molecule has 0 heterocycles. The van der Waals surface area contributed by atoms with Gasteiger partial charge < -0.3 is 10.4 Å². The maximum Gasteiger partial charge on any atom is 0.338 e. The van der Waals surface area contributed by atoms with Crippen LogP contribution in [0.15, 0.2) is 18.2 Å². The summed E-state index contributed by atoms with van der Waals surface area (Å²) in [5.41, 5.74) is 0.382. The van der Waals surface area contributed by atoms with Crippen LogP contribution in [0.25, 0.3) is 0 Å². The molecule has 1 aliphatic carbocycles. The Morgan fingerprint density at radius 1 is 1.53 bits per heavy atom. The first kappa shape index (κ1) is 14.2. The first-order valence-corrected chi connectivity index (χ1v) is 7.57. The Kier molecular flexibility index (Phi) is 4.69. The van der Waals surface area contributed by atoms with E-state index in [2.05, 4.69) is 12.2 Å². The van der Waals surface area contributed by atoms with Crippen LogP contribution in [0.1, 0.15) is 36.5 Å². The van der Waals surface area contributed by atoms with Crippen molar-refractivity contribution >= 4 is 23.4 Å². The standard InChI is InChI=1S/C14H18FNO2S/c1-2-19-13-5-3-4-12(13)16-9-6-7-10(14(17)18)11(15)8-9/h6-8,12-13,16H,2-5H2,1H3,(H,17,18). The molecule has 104 valence electrons. The van der Waals surface area contributed by atoms with Gasteiger partial charge in [-0.25, -0.2) is 9.18 Å². The minimum atomic E-state index is -1.23. The number of carboxylic acid groups (broad SMARTS) is 1. The van der Waals surface area contributed by atoms with Gasteiger partial charge in [-0.15, -0.1) is 0 Å². The van der Waals surface area contributed by atoms with Crippen molar-refractivity contribution in [3.05, 3.63) is 29.6 Å². The molecule has 0 bridgehead atoms. The number of aromatic carboxylic acids is 1. The summed E-state index contributed by atoms with van der Waals surface area (Å²) in [6.07, 6.45) is 3.46. The predicted molar refractivity (Wildman–Crippen MR) is 76.5 cm³/mol. The molecule has 5 heteroatoms. The fraction of sp³-hybridized carbons (Fsp3) is 0.500. The van der Waals surface area contributed by atoms with Gasteiger partial charge in [0.25, 0.3) is 0 Å². The highest BCUT2D eigenvalue weighted by atomic mass is 32.2. The number of nitrogens with one attached hydrogen (secondary N) is 1. The van der Waals surface area contributed by atoms with E-state index in [9.17, 15) is 9.18 Å². The molecule has 1 aromatic rings. The minimum absolute atomic E-state index is 0.281. The first-order chi connectivity index (χ1) is 9.11. The molecule has 0 saturated heterocycles. The lowest BCUT2D eigenvalue weighted by molar-refractivity contribution is 0.0692. The normalized spacial score (nSPS) is 22.4. The summed E-state index contributed by atoms with van der Waals surface area (Å²) in [4.78, 5) is 10.8. The van der Waals surface area contributed by atoms with Crippen LogP contribution >= 0.6 is 11.8 Å². The summed E-state index contributed by atoms with van der Waals surface area (Å²) in [6.45, 7) is 2.14. The molecule has 3 nitrogen and oxygen atoms in total. The number of halogens is 1. The van der Waals surface area contributed by atoms with E-state index in [1.165, 1.54) is 25.0 Å². The van der Waals surface area contributed by atoms with Crippen molar-refractivity contribution in [1.82, 2.24) is 0 Å². The summed E-state index contributed by atoms with van der Waals surface area (Å²) in [7, 11) is 0. The molecule has 1 fully saturated rings. The van der Waals surface area contributed by atoms with E-state index in [1.807, 2.05) is 11.8 Å². The Labute approximate surface area is 116 Å². The molecule has 1 aliphatic rings. The summed E-state index contributed by atoms with van der Waals surface area (Å²) in [5, 5.41) is 12.7. The molecule has 2 rings (SSSR count). The van der Waals surface area contributed by atoms with Gasteiger partial charge in [-0.3, -0.25) is 0 Å². The van der Waals surface area contributed by atoms with Crippen LogP contribution in [0.5, 0.6) is 0 Å². The zero-order valence-corrected chi connectivity index (χ0v) is 11.7. The van der Waals surface area contributed by atoms with E-state index in [4.69, 9.17) is 5.11 Å². The second kappa shape index (κ2) is 6.28. The van der Waals surface area contributed by atoms with E-state index in [-0.39, 0.29) is 5.56 Å². The van der Waals surface area contributed by atoms with Gasteiger partial charge >= 0.3 is 5.97 Å². The Balaban J connectivity index is 2.07. The third-order valence-electron chi connectivity index (χ3n) is 3.38. The highest BCUT2D eigenvalue weighted by Gasteiger charge is 2.27.